The molecule has 0 amide bonds. The van der Waals surface area contributed by atoms with E-state index in [1.807, 2.05) is 0 Å². The van der Waals surface area contributed by atoms with Crippen molar-refractivity contribution >= 4 is 0 Å². The molecule has 0 aromatic heterocycles. The van der Waals surface area contributed by atoms with Gasteiger partial charge >= 0.3 is 0 Å². The molecule has 0 aromatic carbocycles. The van der Waals surface area contributed by atoms with Gasteiger partial charge < -0.3 is 9.47 Å². The molecule has 3 saturated carbocycles. The van der Waals surface area contributed by atoms with Gasteiger partial charge in [0.05, 0.1) is 12.2 Å². The van der Waals surface area contributed by atoms with Crippen LogP contribution in [0.4, 0.5) is 0 Å². The molecule has 1 saturated heterocycles. The summed E-state index contributed by atoms with van der Waals surface area (Å²) < 4.78 is 13.5. The van der Waals surface area contributed by atoms with E-state index in [0.29, 0.717) is 35.9 Å². The van der Waals surface area contributed by atoms with E-state index < -0.39 is 0 Å². The van der Waals surface area contributed by atoms with E-state index in [2.05, 4.69) is 53.7 Å². The first kappa shape index (κ1) is 18.4. The van der Waals surface area contributed by atoms with Crippen LogP contribution < -0.4 is 0 Å². The van der Waals surface area contributed by atoms with Crippen molar-refractivity contribution in [2.45, 2.75) is 85.2 Å². The summed E-state index contributed by atoms with van der Waals surface area (Å²) in [5, 5.41) is 0. The monoisotopic (exact) mass is 370 g/mol. The fourth-order valence-electron chi connectivity index (χ4n) is 7.84. The summed E-state index contributed by atoms with van der Waals surface area (Å²) in [7, 11) is 0. The third kappa shape index (κ3) is 2.38. The fourth-order valence-corrected chi connectivity index (χ4v) is 7.84. The maximum atomic E-state index is 6.82. The van der Waals surface area contributed by atoms with Gasteiger partial charge in [-0.25, -0.2) is 0 Å². The van der Waals surface area contributed by atoms with Crippen LogP contribution in [0.15, 0.2) is 23.3 Å². The topological polar surface area (TPSA) is 18.5 Å². The molecule has 2 heteroatoms. The molecule has 0 radical (unpaired) electrons. The Morgan fingerprint density at radius 1 is 0.926 bits per heavy atom. The van der Waals surface area contributed by atoms with Crippen LogP contribution in [0.5, 0.6) is 0 Å². The van der Waals surface area contributed by atoms with Crippen LogP contribution in [-0.4, -0.2) is 18.0 Å². The van der Waals surface area contributed by atoms with E-state index in [-0.39, 0.29) is 5.79 Å². The van der Waals surface area contributed by atoms with Gasteiger partial charge in [-0.05, 0) is 61.2 Å². The largest absolute Gasteiger partial charge is 0.343 e. The molecule has 0 bridgehead atoms. The zero-order valence-corrected chi connectivity index (χ0v) is 18.1. The normalized spacial score (nSPS) is 47.0. The van der Waals surface area contributed by atoms with Crippen LogP contribution >= 0.6 is 0 Å². The highest BCUT2D eigenvalue weighted by Gasteiger charge is 2.62. The Morgan fingerprint density at radius 2 is 1.59 bits per heavy atom. The minimum absolute atomic E-state index is 0.308. The fraction of sp³-hybridized carbons (Fsp3) is 0.840. The average molecular weight is 371 g/mol. The lowest BCUT2D eigenvalue weighted by molar-refractivity contribution is -0.240. The molecular weight excluding hydrogens is 332 g/mol. The number of fused-ring (bicyclic) bond motifs is 7. The van der Waals surface area contributed by atoms with Gasteiger partial charge in [0.15, 0.2) is 5.79 Å². The first-order valence-corrected chi connectivity index (χ1v) is 11.6. The van der Waals surface area contributed by atoms with E-state index in [1.54, 1.807) is 11.1 Å². The van der Waals surface area contributed by atoms with Gasteiger partial charge in [0.2, 0.25) is 0 Å². The third-order valence-corrected chi connectivity index (χ3v) is 9.00. The highest BCUT2D eigenvalue weighted by Crippen LogP contribution is 2.63. The van der Waals surface area contributed by atoms with E-state index >= 15 is 0 Å². The highest BCUT2D eigenvalue weighted by molar-refractivity contribution is 5.38. The van der Waals surface area contributed by atoms with Crippen LogP contribution in [0.1, 0.15) is 67.2 Å². The average Bonchev–Trinajstić information content (AvgIpc) is 3.30. The molecule has 1 aliphatic heterocycles. The highest BCUT2D eigenvalue weighted by atomic mass is 16.8. The Morgan fingerprint density at radius 3 is 2.26 bits per heavy atom. The smallest absolute Gasteiger partial charge is 0.173 e. The minimum Gasteiger partial charge on any atom is -0.343 e. The Kier molecular flexibility index (Phi) is 4.23. The predicted octanol–water partition coefficient (Wildman–Crippen LogP) is 5.98. The summed E-state index contributed by atoms with van der Waals surface area (Å²) in [6.07, 6.45) is 10.9. The van der Waals surface area contributed by atoms with Gasteiger partial charge in [-0.3, -0.25) is 0 Å². The molecular formula is C25H38O2. The molecule has 5 aliphatic rings. The molecule has 4 aliphatic carbocycles. The molecule has 8 atom stereocenters. The number of hydrogen-bond acceptors (Lipinski definition) is 2. The second-order valence-electron chi connectivity index (χ2n) is 10.8. The molecule has 0 aromatic rings. The molecule has 4 fully saturated rings. The van der Waals surface area contributed by atoms with Crippen molar-refractivity contribution in [1.29, 1.82) is 0 Å². The van der Waals surface area contributed by atoms with E-state index in [4.69, 9.17) is 9.47 Å². The first-order chi connectivity index (χ1) is 12.9. The standard InChI is InChI=1S/C25H38O2/c1-7-16-15(6)10-19-17(16)8-9-18-20(19)11-22-21(18)12-23-24(22)27-25(26-23,13(2)3)14(4)5/h8-9,13-16,19-24H,7,10-12H2,1-6H3/t15-,16-,19+,20+,21-,22+,23-,24+/m1/s1. The first-order valence-electron chi connectivity index (χ1n) is 11.6. The van der Waals surface area contributed by atoms with Crippen LogP contribution in [-0.2, 0) is 9.47 Å². The van der Waals surface area contributed by atoms with Gasteiger partial charge in [0, 0.05) is 11.8 Å². The minimum atomic E-state index is -0.374. The van der Waals surface area contributed by atoms with Crippen LogP contribution in [0.25, 0.3) is 0 Å². The van der Waals surface area contributed by atoms with Crippen LogP contribution in [0, 0.1) is 47.3 Å². The quantitative estimate of drug-likeness (QED) is 0.608. The van der Waals surface area contributed by atoms with Crippen LogP contribution in [0.3, 0.4) is 0 Å². The molecule has 2 nitrogen and oxygen atoms in total. The van der Waals surface area contributed by atoms with Crippen molar-refractivity contribution < 1.29 is 9.47 Å². The maximum Gasteiger partial charge on any atom is 0.173 e. The summed E-state index contributed by atoms with van der Waals surface area (Å²) in [5.74, 6) is 5.09. The Labute approximate surface area is 165 Å². The van der Waals surface area contributed by atoms with E-state index in [1.165, 1.54) is 25.7 Å². The van der Waals surface area contributed by atoms with Gasteiger partial charge in [0.25, 0.3) is 0 Å². The molecule has 5 rings (SSSR count). The summed E-state index contributed by atoms with van der Waals surface area (Å²) in [6.45, 7) is 13.9. The number of allylic oxidation sites excluding steroid dienone is 4. The van der Waals surface area contributed by atoms with Crippen molar-refractivity contribution in [2.75, 3.05) is 0 Å². The Balaban J connectivity index is 1.40. The van der Waals surface area contributed by atoms with Crippen molar-refractivity contribution in [3.63, 3.8) is 0 Å². The van der Waals surface area contributed by atoms with Gasteiger partial charge in [-0.15, -0.1) is 0 Å². The Hall–Kier alpha value is -0.600. The molecule has 0 spiro atoms. The SMILES string of the molecule is CC[C@H]1C2=CC=C3[C@H]4C[C@H]5OC(C(C)C)(C(C)C)O[C@H]5[C@H]4C[C@@H]3[C@H]2C[C@H]1C. The Bertz CT molecular complexity index is 664. The van der Waals surface area contributed by atoms with Gasteiger partial charge in [-0.1, -0.05) is 64.8 Å². The molecule has 27 heavy (non-hydrogen) atoms. The third-order valence-electron chi connectivity index (χ3n) is 9.00. The maximum absolute atomic E-state index is 6.82. The van der Waals surface area contributed by atoms with E-state index in [0.717, 1.165) is 23.7 Å². The lowest BCUT2D eigenvalue weighted by Crippen LogP contribution is -2.43. The van der Waals surface area contributed by atoms with Crippen molar-refractivity contribution in [2.24, 2.45) is 47.3 Å². The zero-order chi connectivity index (χ0) is 19.1. The lowest BCUT2D eigenvalue weighted by Gasteiger charge is -2.37. The summed E-state index contributed by atoms with van der Waals surface area (Å²) in [4.78, 5) is 0. The summed E-state index contributed by atoms with van der Waals surface area (Å²) >= 11 is 0. The van der Waals surface area contributed by atoms with Gasteiger partial charge in [-0.2, -0.15) is 0 Å². The lowest BCUT2D eigenvalue weighted by atomic mass is 9.76. The number of hydrogen-bond donors (Lipinski definition) is 0. The summed E-state index contributed by atoms with van der Waals surface area (Å²) in [6, 6.07) is 0. The summed E-state index contributed by atoms with van der Waals surface area (Å²) in [5.41, 5.74) is 3.52. The molecule has 0 N–H and O–H groups in total. The van der Waals surface area contributed by atoms with Crippen molar-refractivity contribution in [3.8, 4) is 0 Å². The molecule has 150 valence electrons. The van der Waals surface area contributed by atoms with E-state index in [9.17, 15) is 0 Å². The van der Waals surface area contributed by atoms with Crippen molar-refractivity contribution in [1.82, 2.24) is 0 Å². The number of rotatable bonds is 3. The van der Waals surface area contributed by atoms with Gasteiger partial charge in [0.1, 0.15) is 0 Å². The predicted molar refractivity (Wildman–Crippen MR) is 109 cm³/mol. The second-order valence-corrected chi connectivity index (χ2v) is 10.8. The number of ether oxygens (including phenoxy) is 2. The molecule has 0 unspecified atom stereocenters. The van der Waals surface area contributed by atoms with Crippen LogP contribution in [0.2, 0.25) is 0 Å². The molecule has 1 heterocycles. The van der Waals surface area contributed by atoms with Crippen molar-refractivity contribution in [3.05, 3.63) is 23.3 Å². The second kappa shape index (κ2) is 6.20. The zero-order valence-electron chi connectivity index (χ0n) is 18.1.